The molecule has 1 aliphatic carbocycles. The smallest absolute Gasteiger partial charge is 0.171 e. The van der Waals surface area contributed by atoms with Crippen LogP contribution in [0.4, 0.5) is 13.2 Å². The topological polar surface area (TPSA) is 0 Å². The molecule has 0 nitrogen and oxygen atoms in total. The second-order valence-electron chi connectivity index (χ2n) is 5.22. The summed E-state index contributed by atoms with van der Waals surface area (Å²) in [6, 6.07) is 0. The van der Waals surface area contributed by atoms with Gasteiger partial charge in [-0.05, 0) is 30.6 Å². The highest BCUT2D eigenvalue weighted by molar-refractivity contribution is 6.18. The van der Waals surface area contributed by atoms with Gasteiger partial charge in [0.2, 0.25) is 0 Å². The van der Waals surface area contributed by atoms with E-state index in [1.165, 1.54) is 0 Å². The summed E-state index contributed by atoms with van der Waals surface area (Å²) in [6.07, 6.45) is -1.93. The standard InChI is InChI=1S/C11H18ClF3/c1-10(2,7-12)8-4-3-5-9(6-8)11(13,14)15/h8-9H,3-7H2,1-2H3. The highest BCUT2D eigenvalue weighted by atomic mass is 35.5. The Morgan fingerprint density at radius 1 is 1.13 bits per heavy atom. The largest absolute Gasteiger partial charge is 0.391 e. The average Bonchev–Trinajstić information content (AvgIpc) is 2.17. The van der Waals surface area contributed by atoms with Crippen LogP contribution in [0.5, 0.6) is 0 Å². The zero-order valence-corrected chi connectivity index (χ0v) is 9.96. The van der Waals surface area contributed by atoms with Crippen LogP contribution in [0.2, 0.25) is 0 Å². The molecule has 0 aromatic heterocycles. The Hall–Kier alpha value is 0.0800. The first-order valence-electron chi connectivity index (χ1n) is 5.40. The van der Waals surface area contributed by atoms with Gasteiger partial charge in [0.25, 0.3) is 0 Å². The molecule has 0 aromatic rings. The Bertz CT molecular complexity index is 210. The molecule has 0 N–H and O–H groups in total. The summed E-state index contributed by atoms with van der Waals surface area (Å²) in [5, 5.41) is 0. The van der Waals surface area contributed by atoms with Gasteiger partial charge >= 0.3 is 6.18 Å². The molecule has 1 aliphatic rings. The molecule has 4 heteroatoms. The zero-order chi connectivity index (χ0) is 11.7. The highest BCUT2D eigenvalue weighted by Crippen LogP contribution is 2.46. The van der Waals surface area contributed by atoms with Gasteiger partial charge in [0.05, 0.1) is 5.92 Å². The van der Waals surface area contributed by atoms with Gasteiger partial charge in [-0.1, -0.05) is 20.3 Å². The average molecular weight is 243 g/mol. The predicted molar refractivity (Wildman–Crippen MR) is 56.0 cm³/mol. The van der Waals surface area contributed by atoms with Crippen LogP contribution in [-0.4, -0.2) is 12.1 Å². The minimum Gasteiger partial charge on any atom is -0.171 e. The van der Waals surface area contributed by atoms with Gasteiger partial charge in [0.1, 0.15) is 0 Å². The Morgan fingerprint density at radius 2 is 1.67 bits per heavy atom. The van der Waals surface area contributed by atoms with E-state index in [0.29, 0.717) is 18.7 Å². The van der Waals surface area contributed by atoms with Crippen molar-refractivity contribution in [3.8, 4) is 0 Å². The van der Waals surface area contributed by atoms with Crippen molar-refractivity contribution in [2.24, 2.45) is 17.3 Å². The van der Waals surface area contributed by atoms with E-state index in [9.17, 15) is 13.2 Å². The second kappa shape index (κ2) is 4.52. The van der Waals surface area contributed by atoms with Crippen LogP contribution in [0.1, 0.15) is 39.5 Å². The van der Waals surface area contributed by atoms with Crippen molar-refractivity contribution < 1.29 is 13.2 Å². The van der Waals surface area contributed by atoms with Crippen LogP contribution >= 0.6 is 11.6 Å². The number of hydrogen-bond acceptors (Lipinski definition) is 0. The maximum absolute atomic E-state index is 12.6. The molecular formula is C11H18ClF3. The molecule has 0 amide bonds. The Kier molecular flexibility index (Phi) is 3.96. The quantitative estimate of drug-likeness (QED) is 0.620. The lowest BCUT2D eigenvalue weighted by Gasteiger charge is -2.39. The number of hydrogen-bond donors (Lipinski definition) is 0. The highest BCUT2D eigenvalue weighted by Gasteiger charge is 2.44. The summed E-state index contributed by atoms with van der Waals surface area (Å²) in [5.41, 5.74) is -0.175. The van der Waals surface area contributed by atoms with E-state index >= 15 is 0 Å². The van der Waals surface area contributed by atoms with Gasteiger partial charge < -0.3 is 0 Å². The minimum atomic E-state index is -4.03. The van der Waals surface area contributed by atoms with Crippen LogP contribution in [0, 0.1) is 17.3 Å². The van der Waals surface area contributed by atoms with Crippen molar-refractivity contribution in [1.82, 2.24) is 0 Å². The van der Waals surface area contributed by atoms with Crippen molar-refractivity contribution in [2.45, 2.75) is 45.7 Å². The van der Waals surface area contributed by atoms with Crippen molar-refractivity contribution in [1.29, 1.82) is 0 Å². The Morgan fingerprint density at radius 3 is 2.13 bits per heavy atom. The van der Waals surface area contributed by atoms with E-state index in [0.717, 1.165) is 6.42 Å². The fraction of sp³-hybridized carbons (Fsp3) is 1.00. The fourth-order valence-corrected chi connectivity index (χ4v) is 2.52. The molecule has 1 rings (SSSR count). The third-order valence-corrected chi connectivity index (χ3v) is 4.28. The molecule has 0 aliphatic heterocycles. The molecule has 2 atom stereocenters. The van der Waals surface area contributed by atoms with Crippen molar-refractivity contribution in [2.75, 3.05) is 5.88 Å². The Labute approximate surface area is 94.2 Å². The lowest BCUT2D eigenvalue weighted by molar-refractivity contribution is -0.188. The van der Waals surface area contributed by atoms with Gasteiger partial charge in [0, 0.05) is 5.88 Å². The summed E-state index contributed by atoms with van der Waals surface area (Å²) in [4.78, 5) is 0. The monoisotopic (exact) mass is 242 g/mol. The molecule has 90 valence electrons. The van der Waals surface area contributed by atoms with Gasteiger partial charge in [-0.3, -0.25) is 0 Å². The molecule has 0 spiro atoms. The molecule has 0 bridgehead atoms. The number of alkyl halides is 4. The van der Waals surface area contributed by atoms with Gasteiger partial charge in [-0.15, -0.1) is 11.6 Å². The molecule has 0 heterocycles. The molecule has 1 fully saturated rings. The molecule has 0 saturated heterocycles. The second-order valence-corrected chi connectivity index (χ2v) is 5.49. The molecule has 15 heavy (non-hydrogen) atoms. The summed E-state index contributed by atoms with van der Waals surface area (Å²) in [6.45, 7) is 3.92. The van der Waals surface area contributed by atoms with E-state index in [-0.39, 0.29) is 17.8 Å². The van der Waals surface area contributed by atoms with E-state index in [2.05, 4.69) is 0 Å². The van der Waals surface area contributed by atoms with Gasteiger partial charge in [-0.25, -0.2) is 0 Å². The SMILES string of the molecule is CC(C)(CCl)C1CCCC(C(F)(F)F)C1. The van der Waals surface area contributed by atoms with Gasteiger partial charge in [-0.2, -0.15) is 13.2 Å². The molecular weight excluding hydrogens is 225 g/mol. The van der Waals surface area contributed by atoms with E-state index < -0.39 is 12.1 Å². The predicted octanol–water partition coefficient (Wildman–Crippen LogP) is 4.62. The van der Waals surface area contributed by atoms with E-state index in [1.807, 2.05) is 13.8 Å². The molecule has 0 radical (unpaired) electrons. The maximum Gasteiger partial charge on any atom is 0.391 e. The molecule has 1 saturated carbocycles. The lowest BCUT2D eigenvalue weighted by Crippen LogP contribution is -2.35. The maximum atomic E-state index is 12.6. The molecule has 2 unspecified atom stereocenters. The fourth-order valence-electron chi connectivity index (χ4n) is 2.31. The summed E-state index contributed by atoms with van der Waals surface area (Å²) in [5.74, 6) is -0.573. The van der Waals surface area contributed by atoms with Crippen LogP contribution in [0.3, 0.4) is 0 Å². The Balaban J connectivity index is 2.64. The third-order valence-electron chi connectivity index (χ3n) is 3.59. The first-order valence-corrected chi connectivity index (χ1v) is 5.93. The van der Waals surface area contributed by atoms with E-state index in [1.54, 1.807) is 0 Å². The summed E-state index contributed by atoms with van der Waals surface area (Å²) < 4.78 is 37.7. The van der Waals surface area contributed by atoms with Crippen LogP contribution < -0.4 is 0 Å². The summed E-state index contributed by atoms with van der Waals surface area (Å²) >= 11 is 5.81. The first-order chi connectivity index (χ1) is 6.77. The first kappa shape index (κ1) is 13.1. The van der Waals surface area contributed by atoms with Gasteiger partial charge in [0.15, 0.2) is 0 Å². The van der Waals surface area contributed by atoms with Crippen molar-refractivity contribution >= 4 is 11.6 Å². The number of halogens is 4. The van der Waals surface area contributed by atoms with Crippen LogP contribution in [0.15, 0.2) is 0 Å². The third kappa shape index (κ3) is 3.27. The lowest BCUT2D eigenvalue weighted by atomic mass is 9.69. The minimum absolute atomic E-state index is 0.107. The van der Waals surface area contributed by atoms with Crippen molar-refractivity contribution in [3.05, 3.63) is 0 Å². The molecule has 0 aromatic carbocycles. The normalized spacial score (nSPS) is 29.2. The van der Waals surface area contributed by atoms with E-state index in [4.69, 9.17) is 11.6 Å². The number of rotatable bonds is 2. The summed E-state index contributed by atoms with van der Waals surface area (Å²) in [7, 11) is 0. The zero-order valence-electron chi connectivity index (χ0n) is 9.20. The van der Waals surface area contributed by atoms with Crippen LogP contribution in [0.25, 0.3) is 0 Å². The van der Waals surface area contributed by atoms with Crippen molar-refractivity contribution in [3.63, 3.8) is 0 Å². The van der Waals surface area contributed by atoms with Crippen LogP contribution in [-0.2, 0) is 0 Å².